The number of nitrogens with one attached hydrogen (secondary N) is 1. The summed E-state index contributed by atoms with van der Waals surface area (Å²) in [6.07, 6.45) is 8.60. The van der Waals surface area contributed by atoms with E-state index in [0.29, 0.717) is 5.41 Å². The number of rotatable bonds is 3. The molecule has 0 aromatic rings. The van der Waals surface area contributed by atoms with E-state index in [4.69, 9.17) is 0 Å². The zero-order valence-corrected chi connectivity index (χ0v) is 9.10. The molecule has 2 aliphatic carbocycles. The third-order valence-corrected chi connectivity index (χ3v) is 3.60. The molecule has 1 N–H and O–H groups in total. The lowest BCUT2D eigenvalue weighted by molar-refractivity contribution is 0.198. The maximum Gasteiger partial charge on any atom is 0.00722 e. The molecule has 76 valence electrons. The Morgan fingerprint density at radius 2 is 2.00 bits per heavy atom. The molecule has 0 aliphatic heterocycles. The van der Waals surface area contributed by atoms with Crippen LogP contribution in [-0.2, 0) is 0 Å². The molecule has 13 heavy (non-hydrogen) atoms. The van der Waals surface area contributed by atoms with E-state index in [-0.39, 0.29) is 0 Å². The van der Waals surface area contributed by atoms with Gasteiger partial charge in [0.15, 0.2) is 0 Å². The van der Waals surface area contributed by atoms with Gasteiger partial charge in [0.05, 0.1) is 0 Å². The molecule has 1 heteroatoms. The molecule has 1 atom stereocenters. The Hall–Kier alpha value is -0.0400. The molecule has 0 saturated heterocycles. The van der Waals surface area contributed by atoms with Crippen LogP contribution in [0.4, 0.5) is 0 Å². The lowest BCUT2D eigenvalue weighted by atomic mass is 9.75. The van der Waals surface area contributed by atoms with Gasteiger partial charge in [0, 0.05) is 6.04 Å². The van der Waals surface area contributed by atoms with Crippen LogP contribution in [0.15, 0.2) is 0 Å². The molecule has 1 nitrogen and oxygen atoms in total. The summed E-state index contributed by atoms with van der Waals surface area (Å²) in [4.78, 5) is 0. The first-order chi connectivity index (χ1) is 6.16. The van der Waals surface area contributed by atoms with E-state index >= 15 is 0 Å². The molecule has 2 fully saturated rings. The quantitative estimate of drug-likeness (QED) is 0.706. The highest BCUT2D eigenvalue weighted by atomic mass is 14.9. The summed E-state index contributed by atoms with van der Waals surface area (Å²) in [5, 5.41) is 3.74. The summed E-state index contributed by atoms with van der Waals surface area (Å²) in [6, 6.07) is 0.823. The average molecular weight is 181 g/mol. The Morgan fingerprint density at radius 1 is 1.23 bits per heavy atom. The van der Waals surface area contributed by atoms with Crippen LogP contribution in [-0.4, -0.2) is 12.6 Å². The maximum absolute atomic E-state index is 3.74. The number of hydrogen-bond donors (Lipinski definition) is 1. The topological polar surface area (TPSA) is 12.0 Å². The van der Waals surface area contributed by atoms with E-state index in [2.05, 4.69) is 19.2 Å². The highest BCUT2D eigenvalue weighted by molar-refractivity contribution is 4.85. The van der Waals surface area contributed by atoms with Gasteiger partial charge in [-0.05, 0) is 50.0 Å². The molecule has 0 spiro atoms. The van der Waals surface area contributed by atoms with Crippen molar-refractivity contribution in [2.75, 3.05) is 6.54 Å². The molecular formula is C12H23N. The smallest absolute Gasteiger partial charge is 0.00722 e. The van der Waals surface area contributed by atoms with Gasteiger partial charge in [-0.2, -0.15) is 0 Å². The van der Waals surface area contributed by atoms with Gasteiger partial charge in [-0.1, -0.05) is 20.3 Å². The third kappa shape index (κ3) is 2.98. The monoisotopic (exact) mass is 181 g/mol. The predicted molar refractivity (Wildman–Crippen MR) is 56.8 cm³/mol. The Balaban J connectivity index is 1.71. The maximum atomic E-state index is 3.74. The second-order valence-corrected chi connectivity index (χ2v) is 5.81. The van der Waals surface area contributed by atoms with E-state index in [1.165, 1.54) is 45.1 Å². The van der Waals surface area contributed by atoms with Crippen molar-refractivity contribution in [3.05, 3.63) is 0 Å². The first-order valence-electron chi connectivity index (χ1n) is 5.89. The normalized spacial score (nSPS) is 33.2. The summed E-state index contributed by atoms with van der Waals surface area (Å²) in [7, 11) is 0. The molecule has 0 unspecified atom stereocenters. The van der Waals surface area contributed by atoms with Crippen molar-refractivity contribution >= 4 is 0 Å². The van der Waals surface area contributed by atoms with Crippen LogP contribution in [0.5, 0.6) is 0 Å². The molecule has 2 rings (SSSR count). The van der Waals surface area contributed by atoms with Gasteiger partial charge in [-0.15, -0.1) is 0 Å². The standard InChI is InChI=1S/C12H23N/c1-12(2)7-3-4-11(8-12)13-9-10-5-6-10/h10-11,13H,3-9H2,1-2H3/t11-/m1/s1. The summed E-state index contributed by atoms with van der Waals surface area (Å²) < 4.78 is 0. The molecule has 0 heterocycles. The number of hydrogen-bond acceptors (Lipinski definition) is 1. The van der Waals surface area contributed by atoms with Crippen LogP contribution in [0.2, 0.25) is 0 Å². The second-order valence-electron chi connectivity index (χ2n) is 5.81. The van der Waals surface area contributed by atoms with Gasteiger partial charge in [0.2, 0.25) is 0 Å². The molecule has 0 amide bonds. The first-order valence-corrected chi connectivity index (χ1v) is 5.89. The van der Waals surface area contributed by atoms with Crippen molar-refractivity contribution < 1.29 is 0 Å². The van der Waals surface area contributed by atoms with Gasteiger partial charge < -0.3 is 5.32 Å². The molecule has 2 saturated carbocycles. The summed E-state index contributed by atoms with van der Waals surface area (Å²) >= 11 is 0. The lowest BCUT2D eigenvalue weighted by Crippen LogP contribution is -2.38. The van der Waals surface area contributed by atoms with Gasteiger partial charge in [-0.25, -0.2) is 0 Å². The molecule has 0 bridgehead atoms. The van der Waals surface area contributed by atoms with Gasteiger partial charge in [0.25, 0.3) is 0 Å². The van der Waals surface area contributed by atoms with Crippen LogP contribution in [0, 0.1) is 11.3 Å². The van der Waals surface area contributed by atoms with Crippen LogP contribution >= 0.6 is 0 Å². The van der Waals surface area contributed by atoms with E-state index in [1.54, 1.807) is 0 Å². The summed E-state index contributed by atoms with van der Waals surface area (Å²) in [5.74, 6) is 1.03. The van der Waals surface area contributed by atoms with Gasteiger partial charge in [-0.3, -0.25) is 0 Å². The Morgan fingerprint density at radius 3 is 2.62 bits per heavy atom. The zero-order chi connectivity index (χ0) is 9.31. The minimum Gasteiger partial charge on any atom is -0.314 e. The van der Waals surface area contributed by atoms with Crippen LogP contribution in [0.1, 0.15) is 52.4 Å². The van der Waals surface area contributed by atoms with Crippen molar-refractivity contribution in [2.24, 2.45) is 11.3 Å². The van der Waals surface area contributed by atoms with Gasteiger partial charge in [0.1, 0.15) is 0 Å². The first kappa shape index (κ1) is 9.51. The molecule has 0 aromatic carbocycles. The Labute approximate surface area is 82.3 Å². The summed E-state index contributed by atoms with van der Waals surface area (Å²) in [6.45, 7) is 6.12. The van der Waals surface area contributed by atoms with Crippen molar-refractivity contribution in [1.29, 1.82) is 0 Å². The largest absolute Gasteiger partial charge is 0.314 e. The van der Waals surface area contributed by atoms with Crippen LogP contribution in [0.3, 0.4) is 0 Å². The van der Waals surface area contributed by atoms with Crippen molar-refractivity contribution in [3.63, 3.8) is 0 Å². The molecule has 0 radical (unpaired) electrons. The Kier molecular flexibility index (Phi) is 2.64. The molecule has 2 aliphatic rings. The average Bonchev–Trinajstić information content (AvgIpc) is 2.82. The van der Waals surface area contributed by atoms with E-state index in [1.807, 2.05) is 0 Å². The van der Waals surface area contributed by atoms with Gasteiger partial charge >= 0.3 is 0 Å². The van der Waals surface area contributed by atoms with E-state index in [0.717, 1.165) is 12.0 Å². The summed E-state index contributed by atoms with van der Waals surface area (Å²) in [5.41, 5.74) is 0.597. The highest BCUT2D eigenvalue weighted by Crippen LogP contribution is 2.35. The van der Waals surface area contributed by atoms with E-state index < -0.39 is 0 Å². The SMILES string of the molecule is CC1(C)CCC[C@@H](NCC2CC2)C1. The fraction of sp³-hybridized carbons (Fsp3) is 1.00. The highest BCUT2D eigenvalue weighted by Gasteiger charge is 2.29. The van der Waals surface area contributed by atoms with Crippen LogP contribution < -0.4 is 5.32 Å². The fourth-order valence-corrected chi connectivity index (χ4v) is 2.53. The van der Waals surface area contributed by atoms with Crippen molar-refractivity contribution in [3.8, 4) is 0 Å². The minimum atomic E-state index is 0.597. The van der Waals surface area contributed by atoms with Crippen molar-refractivity contribution in [1.82, 2.24) is 5.32 Å². The lowest BCUT2D eigenvalue weighted by Gasteiger charge is -2.35. The molecule has 0 aromatic heterocycles. The van der Waals surface area contributed by atoms with Crippen LogP contribution in [0.25, 0.3) is 0 Å². The fourth-order valence-electron chi connectivity index (χ4n) is 2.53. The second kappa shape index (κ2) is 3.61. The minimum absolute atomic E-state index is 0.597. The third-order valence-electron chi connectivity index (χ3n) is 3.60. The zero-order valence-electron chi connectivity index (χ0n) is 9.10. The Bertz CT molecular complexity index is 170. The predicted octanol–water partition coefficient (Wildman–Crippen LogP) is 2.95. The molecular weight excluding hydrogens is 158 g/mol. The van der Waals surface area contributed by atoms with E-state index in [9.17, 15) is 0 Å². The van der Waals surface area contributed by atoms with Crippen molar-refractivity contribution in [2.45, 2.75) is 58.4 Å².